The maximum atomic E-state index is 12.6. The first kappa shape index (κ1) is 46.4. The predicted molar refractivity (Wildman–Crippen MR) is 201 cm³/mol. The van der Waals surface area contributed by atoms with Gasteiger partial charge in [-0.2, -0.15) is 0 Å². The van der Waals surface area contributed by atoms with Gasteiger partial charge in [-0.1, -0.05) is 194 Å². The summed E-state index contributed by atoms with van der Waals surface area (Å²) in [6.45, 7) is 6.55. The summed E-state index contributed by atoms with van der Waals surface area (Å²) in [5.41, 5.74) is 0. The first-order valence-electron chi connectivity index (χ1n) is 21.0. The van der Waals surface area contributed by atoms with Crippen molar-refractivity contribution in [2.45, 2.75) is 239 Å². The third kappa shape index (κ3) is 35.7. The van der Waals surface area contributed by atoms with E-state index in [0.717, 1.165) is 64.2 Å². The van der Waals surface area contributed by atoms with Crippen LogP contribution in [0.15, 0.2) is 0 Å². The summed E-state index contributed by atoms with van der Waals surface area (Å²) in [6, 6.07) is 0. The Morgan fingerprint density at radius 2 is 0.562 bits per heavy atom. The zero-order valence-electron chi connectivity index (χ0n) is 32.3. The number of ether oxygens (including phenoxy) is 3. The highest BCUT2D eigenvalue weighted by atomic mass is 16.6. The van der Waals surface area contributed by atoms with E-state index in [1.807, 2.05) is 0 Å². The molecule has 0 heterocycles. The number of hydrogen-bond donors (Lipinski definition) is 0. The summed E-state index contributed by atoms with van der Waals surface area (Å²) in [5.74, 6) is -0.871. The van der Waals surface area contributed by atoms with Gasteiger partial charge >= 0.3 is 17.9 Å². The van der Waals surface area contributed by atoms with Gasteiger partial charge in [0, 0.05) is 19.3 Å². The highest BCUT2D eigenvalue weighted by molar-refractivity contribution is 5.71. The molecule has 0 aromatic carbocycles. The van der Waals surface area contributed by atoms with Crippen molar-refractivity contribution < 1.29 is 28.6 Å². The molecule has 0 saturated heterocycles. The van der Waals surface area contributed by atoms with Gasteiger partial charge in [0.15, 0.2) is 6.10 Å². The highest BCUT2D eigenvalue weighted by Gasteiger charge is 2.19. The monoisotopic (exact) mass is 681 g/mol. The molecular formula is C42H80O6. The van der Waals surface area contributed by atoms with Crippen LogP contribution < -0.4 is 0 Å². The Morgan fingerprint density at radius 1 is 0.333 bits per heavy atom. The van der Waals surface area contributed by atoms with Crippen LogP contribution >= 0.6 is 0 Å². The summed E-state index contributed by atoms with van der Waals surface area (Å²) in [5, 5.41) is 0. The topological polar surface area (TPSA) is 78.9 Å². The van der Waals surface area contributed by atoms with Crippen LogP contribution in [-0.4, -0.2) is 37.2 Å². The molecule has 0 unspecified atom stereocenters. The first-order valence-corrected chi connectivity index (χ1v) is 21.0. The van der Waals surface area contributed by atoms with E-state index in [0.29, 0.717) is 19.3 Å². The fourth-order valence-electron chi connectivity index (χ4n) is 6.15. The lowest BCUT2D eigenvalue weighted by Crippen LogP contribution is -2.30. The smallest absolute Gasteiger partial charge is 0.306 e. The van der Waals surface area contributed by atoms with Gasteiger partial charge in [0.1, 0.15) is 13.2 Å². The summed E-state index contributed by atoms with van der Waals surface area (Å²) in [4.78, 5) is 37.3. The Kier molecular flexibility index (Phi) is 36.9. The minimum absolute atomic E-state index is 0.0643. The van der Waals surface area contributed by atoms with Crippen LogP contribution in [0.3, 0.4) is 0 Å². The molecule has 6 nitrogen and oxygen atoms in total. The molecule has 48 heavy (non-hydrogen) atoms. The van der Waals surface area contributed by atoms with Crippen LogP contribution in [-0.2, 0) is 28.6 Å². The second kappa shape index (κ2) is 38.2. The third-order valence-electron chi connectivity index (χ3n) is 9.36. The molecule has 0 aromatic heterocycles. The van der Waals surface area contributed by atoms with E-state index in [2.05, 4.69) is 20.8 Å². The Labute approximate surface area is 298 Å². The molecule has 284 valence electrons. The molecule has 0 amide bonds. The summed E-state index contributed by atoms with van der Waals surface area (Å²) >= 11 is 0. The lowest BCUT2D eigenvalue weighted by atomic mass is 10.0. The quantitative estimate of drug-likeness (QED) is 0.0367. The molecule has 0 aromatic rings. The number of unbranched alkanes of at least 4 members (excludes halogenated alkanes) is 27. The van der Waals surface area contributed by atoms with Gasteiger partial charge < -0.3 is 14.2 Å². The van der Waals surface area contributed by atoms with Crippen molar-refractivity contribution in [3.8, 4) is 0 Å². The van der Waals surface area contributed by atoms with Crippen molar-refractivity contribution in [2.75, 3.05) is 13.2 Å². The molecule has 0 saturated carbocycles. The molecule has 0 N–H and O–H groups in total. The van der Waals surface area contributed by atoms with Gasteiger partial charge in [-0.25, -0.2) is 0 Å². The Balaban J connectivity index is 4.20. The zero-order valence-corrected chi connectivity index (χ0v) is 32.3. The molecule has 0 fully saturated rings. The lowest BCUT2D eigenvalue weighted by molar-refractivity contribution is -0.167. The second-order valence-corrected chi connectivity index (χ2v) is 14.3. The Hall–Kier alpha value is -1.59. The van der Waals surface area contributed by atoms with Crippen molar-refractivity contribution in [3.05, 3.63) is 0 Å². The second-order valence-electron chi connectivity index (χ2n) is 14.3. The van der Waals surface area contributed by atoms with Gasteiger partial charge in [0.2, 0.25) is 0 Å². The molecule has 0 aliphatic carbocycles. The number of esters is 3. The molecule has 1 atom stereocenters. The van der Waals surface area contributed by atoms with Gasteiger partial charge in [-0.3, -0.25) is 14.4 Å². The maximum absolute atomic E-state index is 12.6. The molecule has 6 heteroatoms. The third-order valence-corrected chi connectivity index (χ3v) is 9.36. The van der Waals surface area contributed by atoms with E-state index >= 15 is 0 Å². The van der Waals surface area contributed by atoms with E-state index in [1.54, 1.807) is 0 Å². The normalized spacial score (nSPS) is 11.8. The van der Waals surface area contributed by atoms with Crippen LogP contribution in [0.4, 0.5) is 0 Å². The minimum Gasteiger partial charge on any atom is -0.462 e. The van der Waals surface area contributed by atoms with Crippen molar-refractivity contribution in [2.24, 2.45) is 0 Å². The van der Waals surface area contributed by atoms with Crippen LogP contribution in [0.2, 0.25) is 0 Å². The zero-order chi connectivity index (χ0) is 35.2. The Bertz CT molecular complexity index is 708. The largest absolute Gasteiger partial charge is 0.462 e. The molecule has 0 radical (unpaired) electrons. The van der Waals surface area contributed by atoms with Crippen LogP contribution in [0.1, 0.15) is 233 Å². The van der Waals surface area contributed by atoms with Crippen LogP contribution in [0.25, 0.3) is 0 Å². The molecule has 0 spiro atoms. The van der Waals surface area contributed by atoms with Crippen molar-refractivity contribution in [3.63, 3.8) is 0 Å². The van der Waals surface area contributed by atoms with E-state index in [-0.39, 0.29) is 31.1 Å². The van der Waals surface area contributed by atoms with E-state index in [1.165, 1.54) is 128 Å². The first-order chi connectivity index (χ1) is 23.5. The summed E-state index contributed by atoms with van der Waals surface area (Å²) in [7, 11) is 0. The molecule has 0 aliphatic rings. The van der Waals surface area contributed by atoms with E-state index in [4.69, 9.17) is 14.2 Å². The maximum Gasteiger partial charge on any atom is 0.306 e. The number of hydrogen-bond acceptors (Lipinski definition) is 6. The average Bonchev–Trinajstić information content (AvgIpc) is 3.08. The number of carbonyl (C=O) groups excluding carboxylic acids is 3. The lowest BCUT2D eigenvalue weighted by Gasteiger charge is -2.18. The van der Waals surface area contributed by atoms with Gasteiger partial charge in [-0.05, 0) is 19.3 Å². The van der Waals surface area contributed by atoms with Gasteiger partial charge in [0.05, 0.1) is 0 Å². The Morgan fingerprint density at radius 3 is 0.833 bits per heavy atom. The van der Waals surface area contributed by atoms with Crippen molar-refractivity contribution in [1.29, 1.82) is 0 Å². The van der Waals surface area contributed by atoms with Crippen LogP contribution in [0, 0.1) is 0 Å². The number of rotatable bonds is 38. The SMILES string of the molecule is CCCCCCCCCCCCCCCCC(=O)OC[C@H](COC(=O)CCCCCCC)OC(=O)CCCCCCCCCCCCC. The van der Waals surface area contributed by atoms with Crippen molar-refractivity contribution in [1.82, 2.24) is 0 Å². The fourth-order valence-corrected chi connectivity index (χ4v) is 6.15. The molecule has 0 aliphatic heterocycles. The van der Waals surface area contributed by atoms with Gasteiger partial charge in [-0.15, -0.1) is 0 Å². The standard InChI is InChI=1S/C42H80O6/c1-4-7-10-13-15-17-19-20-21-23-24-26-29-32-35-41(44)47-38-39(37-46-40(43)34-31-28-12-9-6-3)48-42(45)36-33-30-27-25-22-18-16-14-11-8-5-2/h39H,4-38H2,1-3H3/t39-/m0/s1. The highest BCUT2D eigenvalue weighted by Crippen LogP contribution is 2.15. The van der Waals surface area contributed by atoms with E-state index < -0.39 is 6.10 Å². The molecule has 0 bridgehead atoms. The van der Waals surface area contributed by atoms with Gasteiger partial charge in [0.25, 0.3) is 0 Å². The van der Waals surface area contributed by atoms with Crippen molar-refractivity contribution >= 4 is 17.9 Å². The minimum atomic E-state index is -0.755. The summed E-state index contributed by atoms with van der Waals surface area (Å²) < 4.78 is 16.5. The average molecular weight is 681 g/mol. The summed E-state index contributed by atoms with van der Waals surface area (Å²) in [6.07, 6.45) is 36.8. The number of carbonyl (C=O) groups is 3. The van der Waals surface area contributed by atoms with Crippen LogP contribution in [0.5, 0.6) is 0 Å². The molecular weight excluding hydrogens is 600 g/mol. The fraction of sp³-hybridized carbons (Fsp3) is 0.929. The predicted octanol–water partition coefficient (Wildman–Crippen LogP) is 12.9. The van der Waals surface area contributed by atoms with E-state index in [9.17, 15) is 14.4 Å². The molecule has 0 rings (SSSR count).